The summed E-state index contributed by atoms with van der Waals surface area (Å²) in [5.74, 6) is -1.68. The fourth-order valence-corrected chi connectivity index (χ4v) is 3.66. The predicted molar refractivity (Wildman–Crippen MR) is 131 cm³/mol. The number of amides is 2. The lowest BCUT2D eigenvalue weighted by Crippen LogP contribution is -2.15. The molecule has 4 rings (SSSR count). The highest BCUT2D eigenvalue weighted by Gasteiger charge is 2.22. The second-order valence-electron chi connectivity index (χ2n) is 7.66. The maximum Gasteiger partial charge on any atom is 0.337 e. The van der Waals surface area contributed by atoms with Crippen molar-refractivity contribution < 1.29 is 28.8 Å². The smallest absolute Gasteiger partial charge is 0.337 e. The van der Waals surface area contributed by atoms with E-state index in [1.165, 1.54) is 25.3 Å². The molecule has 0 saturated heterocycles. The summed E-state index contributed by atoms with van der Waals surface area (Å²) >= 11 is 0. The lowest BCUT2D eigenvalue weighted by atomic mass is 9.99. The summed E-state index contributed by atoms with van der Waals surface area (Å²) in [7, 11) is 1.53. The Kier molecular flexibility index (Phi) is 6.65. The van der Waals surface area contributed by atoms with Crippen LogP contribution in [0.5, 0.6) is 5.75 Å². The number of hydrogen-bond acceptors (Lipinski definition) is 7. The summed E-state index contributed by atoms with van der Waals surface area (Å²) in [6, 6.07) is 16.2. The summed E-state index contributed by atoms with van der Waals surface area (Å²) in [4.78, 5) is 36.9. The molecule has 4 aromatic rings. The number of nitrogens with zero attached hydrogens (tertiary/aromatic N) is 2. The van der Waals surface area contributed by atoms with Crippen LogP contribution < -0.4 is 15.4 Å². The van der Waals surface area contributed by atoms with E-state index in [1.807, 2.05) is 18.2 Å². The Balaban J connectivity index is 1.82. The first-order valence-corrected chi connectivity index (χ1v) is 10.8. The van der Waals surface area contributed by atoms with Gasteiger partial charge in [0.05, 0.1) is 41.1 Å². The predicted octanol–water partition coefficient (Wildman–Crippen LogP) is 4.67. The van der Waals surface area contributed by atoms with E-state index in [2.05, 4.69) is 15.8 Å². The van der Waals surface area contributed by atoms with Gasteiger partial charge in [-0.05, 0) is 30.3 Å². The number of methoxy groups -OCH3 is 1. The number of benzene rings is 3. The lowest BCUT2D eigenvalue weighted by molar-refractivity contribution is -0.115. The molecule has 180 valence electrons. The van der Waals surface area contributed by atoms with Crippen molar-refractivity contribution in [1.29, 1.82) is 5.26 Å². The molecular formula is C26H20N4O6. The number of nitrogens with one attached hydrogen (secondary N) is 2. The SMILES string of the molecule is CCC(=O)Nc1cc2onc(C(=O)Nc3ccc(C#N)cc3C(=O)O)c2cc1-c1ccccc1OC. The van der Waals surface area contributed by atoms with Crippen molar-refractivity contribution in [1.82, 2.24) is 5.16 Å². The Bertz CT molecular complexity index is 1550. The molecule has 0 atom stereocenters. The van der Waals surface area contributed by atoms with E-state index in [9.17, 15) is 19.5 Å². The highest BCUT2D eigenvalue weighted by molar-refractivity contribution is 6.14. The third kappa shape index (κ3) is 4.58. The topological polar surface area (TPSA) is 155 Å². The lowest BCUT2D eigenvalue weighted by Gasteiger charge is -2.14. The molecule has 0 radical (unpaired) electrons. The number of carbonyl (C=O) groups excluding carboxylic acids is 2. The van der Waals surface area contributed by atoms with Crippen LogP contribution in [0.2, 0.25) is 0 Å². The fraction of sp³-hybridized carbons (Fsp3) is 0.115. The van der Waals surface area contributed by atoms with Crippen LogP contribution in [0.3, 0.4) is 0 Å². The van der Waals surface area contributed by atoms with Gasteiger partial charge in [-0.15, -0.1) is 0 Å². The molecule has 2 amide bonds. The number of carbonyl (C=O) groups is 3. The summed E-state index contributed by atoms with van der Waals surface area (Å²) in [6.45, 7) is 1.72. The number of aromatic nitrogens is 1. The molecule has 0 bridgehead atoms. The minimum atomic E-state index is -1.30. The molecule has 36 heavy (non-hydrogen) atoms. The number of ether oxygens (including phenoxy) is 1. The standard InChI is InChI=1S/C26H20N4O6/c1-3-23(31)28-20-12-22-18(11-16(20)15-6-4-5-7-21(15)35-2)24(30-36-22)25(32)29-19-9-8-14(13-27)10-17(19)26(33)34/h4-12H,3H2,1-2H3,(H,28,31)(H,29,32)(H,33,34). The van der Waals surface area contributed by atoms with Crippen molar-refractivity contribution in [3.05, 3.63) is 71.4 Å². The van der Waals surface area contributed by atoms with Gasteiger partial charge >= 0.3 is 5.97 Å². The van der Waals surface area contributed by atoms with Gasteiger partial charge in [-0.25, -0.2) is 4.79 Å². The number of carboxylic acids is 1. The Morgan fingerprint density at radius 1 is 1.06 bits per heavy atom. The first-order valence-electron chi connectivity index (χ1n) is 10.8. The molecule has 10 nitrogen and oxygen atoms in total. The van der Waals surface area contributed by atoms with Crippen molar-refractivity contribution in [2.75, 3.05) is 17.7 Å². The van der Waals surface area contributed by atoms with Gasteiger partial charge < -0.3 is 25.0 Å². The third-order valence-electron chi connectivity index (χ3n) is 5.44. The van der Waals surface area contributed by atoms with E-state index in [-0.39, 0.29) is 40.4 Å². The molecular weight excluding hydrogens is 464 g/mol. The van der Waals surface area contributed by atoms with Gasteiger partial charge in [0, 0.05) is 23.6 Å². The van der Waals surface area contributed by atoms with Gasteiger partial charge in [0.15, 0.2) is 11.3 Å². The average Bonchev–Trinajstić information content (AvgIpc) is 3.31. The summed E-state index contributed by atoms with van der Waals surface area (Å²) in [5.41, 5.74) is 1.74. The molecule has 0 aliphatic heterocycles. The van der Waals surface area contributed by atoms with Crippen LogP contribution in [-0.2, 0) is 4.79 Å². The van der Waals surface area contributed by atoms with Gasteiger partial charge in [0.1, 0.15) is 5.75 Å². The number of para-hydroxylation sites is 1. The molecule has 0 fully saturated rings. The van der Waals surface area contributed by atoms with Gasteiger partial charge in [-0.2, -0.15) is 5.26 Å². The van der Waals surface area contributed by atoms with Crippen LogP contribution >= 0.6 is 0 Å². The Morgan fingerprint density at radius 3 is 2.53 bits per heavy atom. The van der Waals surface area contributed by atoms with Crippen LogP contribution in [0, 0.1) is 11.3 Å². The Hall–Kier alpha value is -5.17. The zero-order chi connectivity index (χ0) is 25.8. The van der Waals surface area contributed by atoms with E-state index < -0.39 is 11.9 Å². The highest BCUT2D eigenvalue weighted by Crippen LogP contribution is 2.38. The Morgan fingerprint density at radius 2 is 1.83 bits per heavy atom. The largest absolute Gasteiger partial charge is 0.496 e. The van der Waals surface area contributed by atoms with Gasteiger partial charge in [-0.1, -0.05) is 30.3 Å². The molecule has 0 aliphatic rings. The zero-order valence-corrected chi connectivity index (χ0v) is 19.3. The van der Waals surface area contributed by atoms with Crippen molar-refractivity contribution >= 4 is 40.1 Å². The minimum absolute atomic E-state index is 0.000526. The maximum atomic E-state index is 13.1. The van der Waals surface area contributed by atoms with Crippen LogP contribution in [0.4, 0.5) is 11.4 Å². The molecule has 3 N–H and O–H groups in total. The molecule has 3 aromatic carbocycles. The molecule has 1 heterocycles. The van der Waals surface area contributed by atoms with Crippen LogP contribution in [0.1, 0.15) is 39.8 Å². The number of hydrogen-bond donors (Lipinski definition) is 3. The molecule has 0 spiro atoms. The normalized spacial score (nSPS) is 10.5. The maximum absolute atomic E-state index is 13.1. The quantitative estimate of drug-likeness (QED) is 0.342. The van der Waals surface area contributed by atoms with Gasteiger partial charge in [0.2, 0.25) is 5.91 Å². The van der Waals surface area contributed by atoms with Crippen molar-refractivity contribution in [2.24, 2.45) is 0 Å². The van der Waals surface area contributed by atoms with Crippen LogP contribution in [-0.4, -0.2) is 35.2 Å². The molecule has 0 unspecified atom stereocenters. The van der Waals surface area contributed by atoms with Gasteiger partial charge in [0.25, 0.3) is 5.91 Å². The second-order valence-corrected chi connectivity index (χ2v) is 7.66. The number of rotatable bonds is 7. The van der Waals surface area contributed by atoms with Crippen molar-refractivity contribution in [3.8, 4) is 22.9 Å². The minimum Gasteiger partial charge on any atom is -0.496 e. The molecule has 10 heteroatoms. The van der Waals surface area contributed by atoms with Gasteiger partial charge in [-0.3, -0.25) is 9.59 Å². The van der Waals surface area contributed by atoms with E-state index in [0.717, 1.165) is 0 Å². The average molecular weight is 484 g/mol. The second kappa shape index (κ2) is 9.99. The number of carboxylic acid groups (broad SMARTS) is 1. The number of nitriles is 1. The number of aromatic carboxylic acids is 1. The molecule has 0 saturated carbocycles. The van der Waals surface area contributed by atoms with Crippen molar-refractivity contribution in [3.63, 3.8) is 0 Å². The third-order valence-corrected chi connectivity index (χ3v) is 5.44. The number of anilines is 2. The molecule has 0 aliphatic carbocycles. The van der Waals surface area contributed by atoms with Crippen LogP contribution in [0.25, 0.3) is 22.1 Å². The monoisotopic (exact) mass is 484 g/mol. The first-order chi connectivity index (χ1) is 17.4. The van der Waals surface area contributed by atoms with E-state index in [0.29, 0.717) is 28.0 Å². The Labute approximate surface area is 205 Å². The fourth-order valence-electron chi connectivity index (χ4n) is 3.66. The van der Waals surface area contributed by atoms with Crippen molar-refractivity contribution in [2.45, 2.75) is 13.3 Å². The van der Waals surface area contributed by atoms with E-state index in [4.69, 9.17) is 14.5 Å². The number of fused-ring (bicyclic) bond motifs is 1. The summed E-state index contributed by atoms with van der Waals surface area (Å²) < 4.78 is 10.9. The van der Waals surface area contributed by atoms with E-state index >= 15 is 0 Å². The van der Waals surface area contributed by atoms with Crippen LogP contribution in [0.15, 0.2) is 59.1 Å². The highest BCUT2D eigenvalue weighted by atomic mass is 16.5. The first kappa shape index (κ1) is 24.0. The summed E-state index contributed by atoms with van der Waals surface area (Å²) in [5, 5.41) is 28.1. The zero-order valence-electron chi connectivity index (χ0n) is 19.3. The summed E-state index contributed by atoms with van der Waals surface area (Å²) in [6.07, 6.45) is 0.254. The molecule has 1 aromatic heterocycles. The van der Waals surface area contributed by atoms with E-state index in [1.54, 1.807) is 31.2 Å².